The van der Waals surface area contributed by atoms with E-state index in [1.807, 2.05) is 0 Å². The second-order valence-electron chi connectivity index (χ2n) is 6.60. The van der Waals surface area contributed by atoms with E-state index in [2.05, 4.69) is 5.32 Å². The van der Waals surface area contributed by atoms with E-state index in [4.69, 9.17) is 4.74 Å². The number of ether oxygens (including phenoxy) is 1. The average molecular weight is 447 g/mol. The molecule has 2 rings (SSSR count). The van der Waals surface area contributed by atoms with Gasteiger partial charge in [-0.1, -0.05) is 26.8 Å². The maximum atomic E-state index is 12.6. The normalized spacial score (nSPS) is 11.2. The Balaban J connectivity index is 2.04. The molecule has 2 aromatic carbocycles. The molecular formula is C22H26N2O6S. The fraction of sp³-hybridized carbons (Fsp3) is 0.318. The lowest BCUT2D eigenvalue weighted by Crippen LogP contribution is -2.30. The molecule has 0 aromatic heterocycles. The van der Waals surface area contributed by atoms with Gasteiger partial charge in [0.1, 0.15) is 0 Å². The molecule has 0 aliphatic carbocycles. The van der Waals surface area contributed by atoms with Gasteiger partial charge >= 0.3 is 5.97 Å². The molecule has 1 amide bonds. The first-order valence-electron chi connectivity index (χ1n) is 9.93. The van der Waals surface area contributed by atoms with E-state index in [0.717, 1.165) is 0 Å². The maximum Gasteiger partial charge on any atom is 0.338 e. The van der Waals surface area contributed by atoms with Crippen LogP contribution in [0.4, 0.5) is 5.69 Å². The summed E-state index contributed by atoms with van der Waals surface area (Å²) in [5, 5.41) is 2.67. The Labute approximate surface area is 182 Å². The first kappa shape index (κ1) is 24.2. The smallest absolute Gasteiger partial charge is 0.338 e. The summed E-state index contributed by atoms with van der Waals surface area (Å²) in [7, 11) is -3.72. The Hall–Kier alpha value is -3.04. The number of anilines is 1. The number of esters is 1. The first-order valence-corrected chi connectivity index (χ1v) is 11.4. The molecule has 1 N–H and O–H groups in total. The van der Waals surface area contributed by atoms with Crippen molar-refractivity contribution in [2.75, 3.05) is 25.0 Å². The summed E-state index contributed by atoms with van der Waals surface area (Å²) in [4.78, 5) is 36.0. The summed E-state index contributed by atoms with van der Waals surface area (Å²) >= 11 is 0. The van der Waals surface area contributed by atoms with Crippen molar-refractivity contribution < 1.29 is 27.5 Å². The van der Waals surface area contributed by atoms with Crippen LogP contribution < -0.4 is 5.32 Å². The maximum absolute atomic E-state index is 12.6. The van der Waals surface area contributed by atoms with E-state index in [0.29, 0.717) is 30.8 Å². The van der Waals surface area contributed by atoms with Crippen LogP contribution in [0.5, 0.6) is 0 Å². The topological polar surface area (TPSA) is 110 Å². The predicted molar refractivity (Wildman–Crippen MR) is 117 cm³/mol. The summed E-state index contributed by atoms with van der Waals surface area (Å²) in [6, 6.07) is 11.8. The molecule has 0 atom stereocenters. The number of ketones is 1. The number of amides is 1. The minimum absolute atomic E-state index is 0.0123. The molecule has 2 aromatic rings. The summed E-state index contributed by atoms with van der Waals surface area (Å²) in [5.41, 5.74) is 0.922. The van der Waals surface area contributed by atoms with Crippen LogP contribution >= 0.6 is 0 Å². The van der Waals surface area contributed by atoms with Crippen LogP contribution in [-0.2, 0) is 19.6 Å². The van der Waals surface area contributed by atoms with Crippen molar-refractivity contribution in [3.8, 4) is 0 Å². The van der Waals surface area contributed by atoms with E-state index in [1.165, 1.54) is 40.7 Å². The SMILES string of the molecule is CCC(=O)Nc1ccc(C(=O)COC(=O)c2cccc(S(=O)(=O)N(CC)CC)c2)cc1. The number of rotatable bonds is 10. The fourth-order valence-electron chi connectivity index (χ4n) is 2.78. The molecule has 166 valence electrons. The van der Waals surface area contributed by atoms with E-state index in [-0.39, 0.29) is 16.4 Å². The lowest BCUT2D eigenvalue weighted by atomic mass is 10.1. The molecule has 0 bridgehead atoms. The van der Waals surface area contributed by atoms with Gasteiger partial charge in [0.25, 0.3) is 0 Å². The van der Waals surface area contributed by atoms with E-state index in [1.54, 1.807) is 32.9 Å². The molecule has 31 heavy (non-hydrogen) atoms. The molecule has 8 nitrogen and oxygen atoms in total. The number of nitrogens with one attached hydrogen (secondary N) is 1. The van der Waals surface area contributed by atoms with Crippen molar-refractivity contribution in [2.24, 2.45) is 0 Å². The van der Waals surface area contributed by atoms with Crippen molar-refractivity contribution in [2.45, 2.75) is 32.1 Å². The van der Waals surface area contributed by atoms with Gasteiger partial charge in [-0.2, -0.15) is 4.31 Å². The number of Topliss-reactive ketones (excluding diaryl/α,β-unsaturated/α-hetero) is 1. The zero-order valence-corrected chi connectivity index (χ0v) is 18.6. The molecule has 0 radical (unpaired) electrons. The van der Waals surface area contributed by atoms with Crippen molar-refractivity contribution in [3.05, 3.63) is 59.7 Å². The van der Waals surface area contributed by atoms with Crippen molar-refractivity contribution in [3.63, 3.8) is 0 Å². The summed E-state index contributed by atoms with van der Waals surface area (Å²) in [6.07, 6.45) is 0.341. The second-order valence-corrected chi connectivity index (χ2v) is 8.53. The highest BCUT2D eigenvalue weighted by molar-refractivity contribution is 7.89. The van der Waals surface area contributed by atoms with Gasteiger partial charge in [0, 0.05) is 30.8 Å². The van der Waals surface area contributed by atoms with Gasteiger partial charge in [-0.15, -0.1) is 0 Å². The Morgan fingerprint density at radius 3 is 2.16 bits per heavy atom. The molecular weight excluding hydrogens is 420 g/mol. The molecule has 0 saturated carbocycles. The Morgan fingerprint density at radius 1 is 0.935 bits per heavy atom. The predicted octanol–water partition coefficient (Wildman–Crippen LogP) is 3.11. The van der Waals surface area contributed by atoms with Crippen molar-refractivity contribution in [1.82, 2.24) is 4.31 Å². The van der Waals surface area contributed by atoms with Gasteiger partial charge in [-0.3, -0.25) is 9.59 Å². The van der Waals surface area contributed by atoms with Crippen LogP contribution in [0.3, 0.4) is 0 Å². The zero-order chi connectivity index (χ0) is 23.0. The Morgan fingerprint density at radius 2 is 1.58 bits per heavy atom. The molecule has 0 aliphatic rings. The third-order valence-corrected chi connectivity index (χ3v) is 6.60. The van der Waals surface area contributed by atoms with Crippen LogP contribution in [0.25, 0.3) is 0 Å². The van der Waals surface area contributed by atoms with Gasteiger partial charge in [0.05, 0.1) is 10.5 Å². The van der Waals surface area contributed by atoms with Crippen LogP contribution in [0.2, 0.25) is 0 Å². The van der Waals surface area contributed by atoms with Crippen LogP contribution in [0.1, 0.15) is 47.9 Å². The largest absolute Gasteiger partial charge is 0.454 e. The van der Waals surface area contributed by atoms with Crippen LogP contribution in [0, 0.1) is 0 Å². The monoisotopic (exact) mass is 446 g/mol. The molecule has 0 unspecified atom stereocenters. The Bertz CT molecular complexity index is 1040. The average Bonchev–Trinajstić information content (AvgIpc) is 2.78. The summed E-state index contributed by atoms with van der Waals surface area (Å²) < 4.78 is 31.6. The summed E-state index contributed by atoms with van der Waals surface area (Å²) in [6.45, 7) is 5.32. The minimum atomic E-state index is -3.72. The highest BCUT2D eigenvalue weighted by Gasteiger charge is 2.23. The number of carbonyl (C=O) groups is 3. The van der Waals surface area contributed by atoms with Gasteiger partial charge in [0.2, 0.25) is 15.9 Å². The van der Waals surface area contributed by atoms with E-state index < -0.39 is 28.4 Å². The third-order valence-electron chi connectivity index (χ3n) is 4.56. The number of benzene rings is 2. The quantitative estimate of drug-likeness (QED) is 0.444. The highest BCUT2D eigenvalue weighted by Crippen LogP contribution is 2.18. The van der Waals surface area contributed by atoms with Crippen LogP contribution in [0.15, 0.2) is 53.4 Å². The van der Waals surface area contributed by atoms with E-state index >= 15 is 0 Å². The van der Waals surface area contributed by atoms with Gasteiger partial charge in [-0.25, -0.2) is 13.2 Å². The zero-order valence-electron chi connectivity index (χ0n) is 17.8. The van der Waals surface area contributed by atoms with Gasteiger partial charge in [-0.05, 0) is 42.5 Å². The fourth-order valence-corrected chi connectivity index (χ4v) is 4.29. The van der Waals surface area contributed by atoms with Crippen molar-refractivity contribution >= 4 is 33.4 Å². The van der Waals surface area contributed by atoms with Gasteiger partial charge < -0.3 is 10.1 Å². The van der Waals surface area contributed by atoms with E-state index in [9.17, 15) is 22.8 Å². The third kappa shape index (κ3) is 6.22. The van der Waals surface area contributed by atoms with Gasteiger partial charge in [0.15, 0.2) is 12.4 Å². The number of hydrogen-bond donors (Lipinski definition) is 1. The molecule has 0 aliphatic heterocycles. The molecule has 0 saturated heterocycles. The first-order chi connectivity index (χ1) is 14.7. The number of nitrogens with zero attached hydrogens (tertiary/aromatic N) is 1. The molecule has 0 heterocycles. The van der Waals surface area contributed by atoms with Crippen molar-refractivity contribution in [1.29, 1.82) is 0 Å². The lowest BCUT2D eigenvalue weighted by molar-refractivity contribution is -0.115. The molecule has 9 heteroatoms. The molecule has 0 fully saturated rings. The summed E-state index contributed by atoms with van der Waals surface area (Å²) in [5.74, 6) is -1.36. The molecule has 0 spiro atoms. The standard InChI is InChI=1S/C22H26N2O6S/c1-4-21(26)23-18-12-10-16(11-13-18)20(25)15-30-22(27)17-8-7-9-19(14-17)31(28,29)24(5-2)6-3/h7-14H,4-6,15H2,1-3H3,(H,23,26). The number of hydrogen-bond acceptors (Lipinski definition) is 6. The Kier molecular flexibility index (Phi) is 8.47. The van der Waals surface area contributed by atoms with Crippen LogP contribution in [-0.4, -0.2) is 50.1 Å². The number of sulfonamides is 1. The highest BCUT2D eigenvalue weighted by atomic mass is 32.2. The second kappa shape index (κ2) is 10.8. The lowest BCUT2D eigenvalue weighted by Gasteiger charge is -2.18. The minimum Gasteiger partial charge on any atom is -0.454 e. The number of carbonyl (C=O) groups excluding carboxylic acids is 3.